The first-order valence-electron chi connectivity index (χ1n) is 9.56. The molecular weight excluding hydrogens is 383 g/mol. The maximum atomic E-state index is 13.4. The van der Waals surface area contributed by atoms with Gasteiger partial charge >= 0.3 is 6.18 Å². The minimum Gasteiger partial charge on any atom is -0.255 e. The summed E-state index contributed by atoms with van der Waals surface area (Å²) in [4.78, 5) is 4.21. The third-order valence-electron chi connectivity index (χ3n) is 5.34. The van der Waals surface area contributed by atoms with Crippen LogP contribution >= 0.6 is 0 Å². The molecule has 0 atom stereocenters. The molecule has 0 amide bonds. The molecule has 0 radical (unpaired) electrons. The molecule has 0 spiro atoms. The second kappa shape index (κ2) is 6.99. The van der Waals surface area contributed by atoms with Crippen molar-refractivity contribution in [3.8, 4) is 22.4 Å². The van der Waals surface area contributed by atoms with Crippen LogP contribution in [-0.4, -0.2) is 4.98 Å². The molecule has 1 heterocycles. The first-order chi connectivity index (χ1) is 14.5. The molecule has 5 rings (SSSR count). The van der Waals surface area contributed by atoms with E-state index in [2.05, 4.69) is 23.2 Å². The van der Waals surface area contributed by atoms with Crippen LogP contribution in [0.15, 0.2) is 97.2 Å². The lowest BCUT2D eigenvalue weighted by Gasteiger charge is -2.14. The summed E-state index contributed by atoms with van der Waals surface area (Å²) in [6, 6.07) is 28.7. The SMILES string of the molecule is FC(F)(F)c1cnc(-c2ccc3c(-c4ccccc4)cccc3c2)c2ccccc12. The number of hydrogen-bond donors (Lipinski definition) is 0. The van der Waals surface area contributed by atoms with Crippen molar-refractivity contribution in [2.24, 2.45) is 0 Å². The summed E-state index contributed by atoms with van der Waals surface area (Å²) in [6.45, 7) is 0. The van der Waals surface area contributed by atoms with Crippen molar-refractivity contribution in [2.45, 2.75) is 6.18 Å². The number of aromatic nitrogens is 1. The smallest absolute Gasteiger partial charge is 0.255 e. The highest BCUT2D eigenvalue weighted by atomic mass is 19.4. The number of hydrogen-bond acceptors (Lipinski definition) is 1. The minimum absolute atomic E-state index is 0.160. The van der Waals surface area contributed by atoms with E-state index in [1.807, 2.05) is 48.5 Å². The van der Waals surface area contributed by atoms with Gasteiger partial charge in [-0.15, -0.1) is 0 Å². The van der Waals surface area contributed by atoms with Crippen molar-refractivity contribution in [2.75, 3.05) is 0 Å². The monoisotopic (exact) mass is 399 g/mol. The minimum atomic E-state index is -4.45. The second-order valence-electron chi connectivity index (χ2n) is 7.17. The van der Waals surface area contributed by atoms with Crippen LogP contribution in [0.25, 0.3) is 43.9 Å². The van der Waals surface area contributed by atoms with Crippen molar-refractivity contribution >= 4 is 21.5 Å². The van der Waals surface area contributed by atoms with Crippen LogP contribution in [-0.2, 0) is 6.18 Å². The van der Waals surface area contributed by atoms with Gasteiger partial charge in [0.05, 0.1) is 11.3 Å². The molecule has 0 aliphatic rings. The van der Waals surface area contributed by atoms with Gasteiger partial charge in [0.2, 0.25) is 0 Å². The Balaban J connectivity index is 1.71. The molecule has 146 valence electrons. The van der Waals surface area contributed by atoms with Gasteiger partial charge in [-0.3, -0.25) is 4.98 Å². The predicted octanol–water partition coefficient (Wildman–Crippen LogP) is 7.74. The van der Waals surface area contributed by atoms with Gasteiger partial charge in [-0.1, -0.05) is 84.9 Å². The van der Waals surface area contributed by atoms with Crippen molar-refractivity contribution in [3.05, 3.63) is 103 Å². The van der Waals surface area contributed by atoms with E-state index in [1.54, 1.807) is 18.2 Å². The molecule has 5 aromatic rings. The van der Waals surface area contributed by atoms with Gasteiger partial charge in [-0.2, -0.15) is 13.2 Å². The van der Waals surface area contributed by atoms with E-state index in [0.29, 0.717) is 11.1 Å². The fourth-order valence-corrected chi connectivity index (χ4v) is 3.95. The lowest BCUT2D eigenvalue weighted by Crippen LogP contribution is -2.07. The van der Waals surface area contributed by atoms with Gasteiger partial charge < -0.3 is 0 Å². The fraction of sp³-hybridized carbons (Fsp3) is 0.0385. The molecule has 0 bridgehead atoms. The Morgan fingerprint density at radius 2 is 1.33 bits per heavy atom. The van der Waals surface area contributed by atoms with Gasteiger partial charge in [0.25, 0.3) is 0 Å². The molecule has 4 heteroatoms. The van der Waals surface area contributed by atoms with E-state index in [-0.39, 0.29) is 5.39 Å². The summed E-state index contributed by atoms with van der Waals surface area (Å²) < 4.78 is 40.3. The number of pyridine rings is 1. The van der Waals surface area contributed by atoms with Gasteiger partial charge in [-0.05, 0) is 33.4 Å². The standard InChI is InChI=1S/C26H16F3N/c27-26(28,29)24-16-30-25(23-11-5-4-10-22(23)24)19-13-14-21-18(15-19)9-6-12-20(21)17-7-2-1-3-8-17/h1-16H. The highest BCUT2D eigenvalue weighted by Crippen LogP contribution is 2.38. The number of fused-ring (bicyclic) bond motifs is 2. The zero-order valence-corrected chi connectivity index (χ0v) is 15.8. The molecule has 0 unspecified atom stereocenters. The molecule has 0 saturated carbocycles. The van der Waals surface area contributed by atoms with Crippen LogP contribution in [0.3, 0.4) is 0 Å². The van der Waals surface area contributed by atoms with Crippen LogP contribution in [0.1, 0.15) is 5.56 Å². The van der Waals surface area contributed by atoms with Gasteiger partial charge in [-0.25, -0.2) is 0 Å². The average Bonchev–Trinajstić information content (AvgIpc) is 2.77. The first kappa shape index (κ1) is 18.4. The summed E-state index contributed by atoms with van der Waals surface area (Å²) in [7, 11) is 0. The number of benzene rings is 4. The van der Waals surface area contributed by atoms with Crippen LogP contribution in [0.2, 0.25) is 0 Å². The largest absolute Gasteiger partial charge is 0.418 e. The van der Waals surface area contributed by atoms with E-state index in [9.17, 15) is 13.2 Å². The van der Waals surface area contributed by atoms with Crippen molar-refractivity contribution < 1.29 is 13.2 Å². The lowest BCUT2D eigenvalue weighted by atomic mass is 9.95. The zero-order chi connectivity index (χ0) is 20.7. The molecule has 1 aromatic heterocycles. The number of alkyl halides is 3. The highest BCUT2D eigenvalue weighted by molar-refractivity contribution is 6.02. The highest BCUT2D eigenvalue weighted by Gasteiger charge is 2.33. The first-order valence-corrected chi connectivity index (χ1v) is 9.56. The third kappa shape index (κ3) is 3.11. The van der Waals surface area contributed by atoms with Gasteiger partial charge in [0, 0.05) is 17.1 Å². The molecule has 1 nitrogen and oxygen atoms in total. The van der Waals surface area contributed by atoms with E-state index in [1.165, 1.54) is 6.07 Å². The van der Waals surface area contributed by atoms with Crippen molar-refractivity contribution in [1.82, 2.24) is 4.98 Å². The lowest BCUT2D eigenvalue weighted by molar-refractivity contribution is -0.136. The molecule has 0 saturated heterocycles. The van der Waals surface area contributed by atoms with E-state index < -0.39 is 11.7 Å². The molecule has 0 aliphatic heterocycles. The van der Waals surface area contributed by atoms with Crippen molar-refractivity contribution in [1.29, 1.82) is 0 Å². The fourth-order valence-electron chi connectivity index (χ4n) is 3.95. The summed E-state index contributed by atoms with van der Waals surface area (Å²) in [5, 5.41) is 2.75. The zero-order valence-electron chi connectivity index (χ0n) is 15.8. The maximum Gasteiger partial charge on any atom is 0.418 e. The van der Waals surface area contributed by atoms with E-state index in [4.69, 9.17) is 0 Å². The molecular formula is C26H16F3N. The Bertz CT molecular complexity index is 1370. The van der Waals surface area contributed by atoms with E-state index >= 15 is 0 Å². The molecule has 0 fully saturated rings. The summed E-state index contributed by atoms with van der Waals surface area (Å²) in [5.74, 6) is 0. The van der Waals surface area contributed by atoms with Crippen molar-refractivity contribution in [3.63, 3.8) is 0 Å². The van der Waals surface area contributed by atoms with Crippen LogP contribution in [0.4, 0.5) is 13.2 Å². The van der Waals surface area contributed by atoms with Crippen LogP contribution < -0.4 is 0 Å². The Hall–Kier alpha value is -3.66. The molecule has 30 heavy (non-hydrogen) atoms. The van der Waals surface area contributed by atoms with Gasteiger partial charge in [0.15, 0.2) is 0 Å². The van der Waals surface area contributed by atoms with Gasteiger partial charge in [0.1, 0.15) is 0 Å². The summed E-state index contributed by atoms with van der Waals surface area (Å²) in [6.07, 6.45) is -3.51. The second-order valence-corrected chi connectivity index (χ2v) is 7.17. The molecule has 0 aliphatic carbocycles. The Morgan fingerprint density at radius 3 is 2.10 bits per heavy atom. The Labute approximate surface area is 171 Å². The van der Waals surface area contributed by atoms with Crippen LogP contribution in [0, 0.1) is 0 Å². The summed E-state index contributed by atoms with van der Waals surface area (Å²) >= 11 is 0. The average molecular weight is 399 g/mol. The van der Waals surface area contributed by atoms with Crippen LogP contribution in [0.5, 0.6) is 0 Å². The predicted molar refractivity (Wildman–Crippen MR) is 115 cm³/mol. The Morgan fingerprint density at radius 1 is 0.600 bits per heavy atom. The topological polar surface area (TPSA) is 12.9 Å². The maximum absolute atomic E-state index is 13.4. The Kier molecular flexibility index (Phi) is 4.28. The number of rotatable bonds is 2. The third-order valence-corrected chi connectivity index (χ3v) is 5.34. The van der Waals surface area contributed by atoms with E-state index in [0.717, 1.165) is 33.7 Å². The summed E-state index contributed by atoms with van der Waals surface area (Å²) in [5.41, 5.74) is 2.86. The normalized spacial score (nSPS) is 11.8. The molecule has 4 aromatic carbocycles. The molecule has 0 N–H and O–H groups in total. The number of nitrogens with zero attached hydrogens (tertiary/aromatic N) is 1. The number of halogens is 3. The quantitative estimate of drug-likeness (QED) is 0.296.